The van der Waals surface area contributed by atoms with Gasteiger partial charge in [-0.15, -0.1) is 0 Å². The van der Waals surface area contributed by atoms with Crippen molar-refractivity contribution in [3.63, 3.8) is 0 Å². The van der Waals surface area contributed by atoms with Crippen molar-refractivity contribution < 1.29 is 80.2 Å². The Balaban J connectivity index is 5.22. The first-order valence-corrected chi connectivity index (χ1v) is 48.9. The number of hydrogen-bond acceptors (Lipinski definition) is 15. The fourth-order valence-corrected chi connectivity index (χ4v) is 15.4. The molecule has 0 radical (unpaired) electrons. The fourth-order valence-electron chi connectivity index (χ4n) is 13.9. The molecule has 108 heavy (non-hydrogen) atoms. The number of aliphatic hydroxyl groups is 1. The molecular formula is C89H174O17P2. The number of esters is 4. The van der Waals surface area contributed by atoms with Crippen LogP contribution in [0.4, 0.5) is 0 Å². The molecule has 6 atom stereocenters. The molecular weight excluding hydrogens is 1400 g/mol. The highest BCUT2D eigenvalue weighted by Crippen LogP contribution is 2.45. The molecule has 0 aliphatic rings. The molecule has 0 fully saturated rings. The van der Waals surface area contributed by atoms with Crippen molar-refractivity contribution in [3.05, 3.63) is 0 Å². The Labute approximate surface area is 664 Å². The zero-order valence-corrected chi connectivity index (χ0v) is 73.1. The molecule has 0 aromatic heterocycles. The van der Waals surface area contributed by atoms with E-state index in [1.54, 1.807) is 0 Å². The molecule has 0 bridgehead atoms. The van der Waals surface area contributed by atoms with E-state index in [9.17, 15) is 43.2 Å². The summed E-state index contributed by atoms with van der Waals surface area (Å²) in [7, 11) is -9.93. The van der Waals surface area contributed by atoms with Crippen LogP contribution < -0.4 is 0 Å². The Bertz CT molecular complexity index is 2080. The number of phosphoric acid groups is 2. The van der Waals surface area contributed by atoms with Crippen molar-refractivity contribution in [2.75, 3.05) is 39.6 Å². The molecule has 0 aromatic carbocycles. The molecule has 0 saturated carbocycles. The Hall–Kier alpha value is -1.94. The standard InChI is InChI=1S/C89H174O17P2/c1-8-10-11-12-13-14-15-16-17-28-34-39-44-49-58-65-73-89(94)106-85(77-100-87(92)71-64-57-52-51-55-62-69-82(7)9-2)79-104-108(97,98)102-75-83(90)74-101-107(95,96)103-78-84(105-88(93)72-66-59-50-45-40-35-30-25-21-19-23-27-32-37-42-47-54-61-68-81(5)6)76-99-86(91)70-63-56-48-43-38-33-29-24-20-18-22-26-31-36-41-46-53-60-67-80(3)4/h80-85,90H,8-79H2,1-7H3,(H,95,96)(H,97,98)/t82?,83-,84-,85-/m1/s1. The van der Waals surface area contributed by atoms with Crippen LogP contribution in [0.1, 0.15) is 472 Å². The van der Waals surface area contributed by atoms with Gasteiger partial charge in [0.15, 0.2) is 12.2 Å². The molecule has 17 nitrogen and oxygen atoms in total. The average molecular weight is 1580 g/mol. The van der Waals surface area contributed by atoms with E-state index in [1.165, 1.54) is 276 Å². The van der Waals surface area contributed by atoms with E-state index in [4.69, 9.17) is 37.0 Å². The van der Waals surface area contributed by atoms with Crippen LogP contribution in [0.2, 0.25) is 0 Å². The minimum Gasteiger partial charge on any atom is -0.462 e. The van der Waals surface area contributed by atoms with Crippen molar-refractivity contribution >= 4 is 39.5 Å². The van der Waals surface area contributed by atoms with Crippen molar-refractivity contribution in [1.82, 2.24) is 0 Å². The third kappa shape index (κ3) is 80.7. The largest absolute Gasteiger partial charge is 0.472 e. The number of phosphoric ester groups is 2. The molecule has 0 aliphatic carbocycles. The summed E-state index contributed by atoms with van der Waals surface area (Å²) in [5.41, 5.74) is 0. The van der Waals surface area contributed by atoms with Gasteiger partial charge in [0.1, 0.15) is 19.3 Å². The molecule has 0 rings (SSSR count). The van der Waals surface area contributed by atoms with Crippen LogP contribution in [0, 0.1) is 17.8 Å². The Morgan fingerprint density at radius 1 is 0.269 bits per heavy atom. The summed E-state index contributed by atoms with van der Waals surface area (Å²) in [6.45, 7) is 12.0. The van der Waals surface area contributed by atoms with Crippen LogP contribution in [-0.2, 0) is 65.4 Å². The van der Waals surface area contributed by atoms with Gasteiger partial charge in [0, 0.05) is 25.7 Å². The van der Waals surface area contributed by atoms with E-state index >= 15 is 0 Å². The van der Waals surface area contributed by atoms with Gasteiger partial charge in [0.05, 0.1) is 26.4 Å². The van der Waals surface area contributed by atoms with Crippen LogP contribution >= 0.6 is 15.6 Å². The third-order valence-electron chi connectivity index (χ3n) is 21.2. The summed E-state index contributed by atoms with van der Waals surface area (Å²) in [6, 6.07) is 0. The average Bonchev–Trinajstić information content (AvgIpc) is 0.899. The number of carbonyl (C=O) groups is 4. The van der Waals surface area contributed by atoms with Gasteiger partial charge in [-0.1, -0.05) is 421 Å². The van der Waals surface area contributed by atoms with Crippen molar-refractivity contribution in [1.29, 1.82) is 0 Å². The third-order valence-corrected chi connectivity index (χ3v) is 23.1. The molecule has 3 unspecified atom stereocenters. The van der Waals surface area contributed by atoms with Crippen molar-refractivity contribution in [2.45, 2.75) is 491 Å². The minimum atomic E-state index is -4.97. The number of unbranched alkanes of at least 4 members (excludes halogenated alkanes) is 54. The topological polar surface area (TPSA) is 237 Å². The Morgan fingerprint density at radius 3 is 0.704 bits per heavy atom. The highest BCUT2D eigenvalue weighted by atomic mass is 31.2. The number of ether oxygens (including phenoxy) is 4. The number of rotatable bonds is 87. The van der Waals surface area contributed by atoms with E-state index < -0.39 is 97.5 Å². The van der Waals surface area contributed by atoms with E-state index in [0.717, 1.165) is 114 Å². The normalized spacial score (nSPS) is 14.1. The predicted octanol–water partition coefficient (Wildman–Crippen LogP) is 27.3. The van der Waals surface area contributed by atoms with Gasteiger partial charge in [0.2, 0.25) is 0 Å². The highest BCUT2D eigenvalue weighted by Gasteiger charge is 2.31. The molecule has 0 spiro atoms. The zero-order valence-electron chi connectivity index (χ0n) is 71.3. The van der Waals surface area contributed by atoms with Gasteiger partial charge >= 0.3 is 39.5 Å². The van der Waals surface area contributed by atoms with Gasteiger partial charge in [0.25, 0.3) is 0 Å². The lowest BCUT2D eigenvalue weighted by Gasteiger charge is -2.21. The van der Waals surface area contributed by atoms with Crippen LogP contribution in [0.15, 0.2) is 0 Å². The van der Waals surface area contributed by atoms with Crippen molar-refractivity contribution in [2.24, 2.45) is 17.8 Å². The number of hydrogen-bond donors (Lipinski definition) is 3. The summed E-state index contributed by atoms with van der Waals surface area (Å²) in [6.07, 6.45) is 71.0. The van der Waals surface area contributed by atoms with Gasteiger partial charge in [-0.05, 0) is 43.4 Å². The highest BCUT2D eigenvalue weighted by molar-refractivity contribution is 7.47. The maximum atomic E-state index is 13.2. The lowest BCUT2D eigenvalue weighted by molar-refractivity contribution is -0.161. The first-order chi connectivity index (χ1) is 52.3. The van der Waals surface area contributed by atoms with Crippen LogP contribution in [0.5, 0.6) is 0 Å². The summed E-state index contributed by atoms with van der Waals surface area (Å²) in [5, 5.41) is 10.7. The van der Waals surface area contributed by atoms with Gasteiger partial charge in [-0.2, -0.15) is 0 Å². The van der Waals surface area contributed by atoms with E-state index in [-0.39, 0.29) is 25.7 Å². The monoisotopic (exact) mass is 1580 g/mol. The maximum Gasteiger partial charge on any atom is 0.472 e. The van der Waals surface area contributed by atoms with E-state index in [2.05, 4.69) is 48.5 Å². The molecule has 0 aromatic rings. The second kappa shape index (κ2) is 78.9. The molecule has 3 N–H and O–H groups in total. The van der Waals surface area contributed by atoms with Crippen LogP contribution in [0.3, 0.4) is 0 Å². The lowest BCUT2D eigenvalue weighted by Crippen LogP contribution is -2.30. The number of carbonyl (C=O) groups excluding carboxylic acids is 4. The molecule has 642 valence electrons. The fraction of sp³-hybridized carbons (Fsp3) is 0.955. The van der Waals surface area contributed by atoms with E-state index in [1.807, 2.05) is 0 Å². The second-order valence-electron chi connectivity index (χ2n) is 33.2. The Morgan fingerprint density at radius 2 is 0.472 bits per heavy atom. The summed E-state index contributed by atoms with van der Waals surface area (Å²) in [5.74, 6) is 0.272. The molecule has 0 saturated heterocycles. The molecule has 0 amide bonds. The quantitative estimate of drug-likeness (QED) is 0.0222. The van der Waals surface area contributed by atoms with Crippen LogP contribution in [-0.4, -0.2) is 96.7 Å². The second-order valence-corrected chi connectivity index (χ2v) is 36.1. The predicted molar refractivity (Wildman–Crippen MR) is 446 cm³/mol. The molecule has 19 heteroatoms. The van der Waals surface area contributed by atoms with Gasteiger partial charge < -0.3 is 33.8 Å². The minimum absolute atomic E-state index is 0.108. The summed E-state index contributed by atoms with van der Waals surface area (Å²) in [4.78, 5) is 73.3. The van der Waals surface area contributed by atoms with Crippen LogP contribution in [0.25, 0.3) is 0 Å². The van der Waals surface area contributed by atoms with E-state index in [0.29, 0.717) is 25.7 Å². The zero-order chi connectivity index (χ0) is 79.3. The smallest absolute Gasteiger partial charge is 0.462 e. The first-order valence-electron chi connectivity index (χ1n) is 45.9. The lowest BCUT2D eigenvalue weighted by atomic mass is 10.00. The summed E-state index contributed by atoms with van der Waals surface area (Å²) >= 11 is 0. The van der Waals surface area contributed by atoms with Crippen molar-refractivity contribution in [3.8, 4) is 0 Å². The molecule has 0 heterocycles. The summed E-state index contributed by atoms with van der Waals surface area (Å²) < 4.78 is 69.0. The maximum absolute atomic E-state index is 13.2. The molecule has 0 aliphatic heterocycles. The number of aliphatic hydroxyl groups excluding tert-OH is 1. The Kier molecular flexibility index (Phi) is 77.5. The van der Waals surface area contributed by atoms with Gasteiger partial charge in [-0.25, -0.2) is 9.13 Å². The SMILES string of the molecule is CCCCCCCCCCCCCCCCCCC(=O)O[C@H](COC(=O)CCCCCCCCC(C)CC)COP(=O)(O)OC[C@H](O)COP(=O)(O)OC[C@@H](COC(=O)CCCCCCCCCCCCCCCCCCCCC(C)C)OC(=O)CCCCCCCCCCCCCCCCCCCCC(C)C. The van der Waals surface area contributed by atoms with Gasteiger partial charge in [-0.3, -0.25) is 37.3 Å². The first kappa shape index (κ1) is 106.